The highest BCUT2D eigenvalue weighted by Crippen LogP contribution is 2.27. The molecule has 0 aliphatic carbocycles. The van der Waals surface area contributed by atoms with Gasteiger partial charge >= 0.3 is 5.97 Å². The molecule has 2 aromatic carbocycles. The van der Waals surface area contributed by atoms with Gasteiger partial charge in [-0.05, 0) is 87.9 Å². The number of carbonyl (C=O) groups is 2. The standard InChI is InChI=1S/C24H29ClO4/c1-7-17(5)28-23(27)24(6,8-2)29-19-10-11-20(15(3)14-19)22(26)18-9-12-21(25)16(4)13-18/h9-14,17H,7-8H2,1-6H3/i6D3,8D2,10D,11D,14D. The molecule has 0 saturated heterocycles. The monoisotopic (exact) mass is 424 g/mol. The Bertz CT molecular complexity index is 1180. The van der Waals surface area contributed by atoms with E-state index in [4.69, 9.17) is 32.0 Å². The van der Waals surface area contributed by atoms with Crippen LogP contribution in [0.25, 0.3) is 0 Å². The van der Waals surface area contributed by atoms with Crippen molar-refractivity contribution in [2.45, 2.75) is 66.0 Å². The molecule has 0 spiro atoms. The lowest BCUT2D eigenvalue weighted by Gasteiger charge is -2.29. The molecular formula is C24H29ClO4. The van der Waals surface area contributed by atoms with Crippen molar-refractivity contribution in [3.8, 4) is 5.75 Å². The Hall–Kier alpha value is -2.33. The molecule has 2 atom stereocenters. The lowest BCUT2D eigenvalue weighted by molar-refractivity contribution is -0.166. The van der Waals surface area contributed by atoms with Crippen LogP contribution in [0.4, 0.5) is 0 Å². The molecule has 2 unspecified atom stereocenters. The number of ether oxygens (including phenoxy) is 2. The average molecular weight is 425 g/mol. The van der Waals surface area contributed by atoms with Gasteiger partial charge < -0.3 is 9.47 Å². The van der Waals surface area contributed by atoms with Gasteiger partial charge in [0, 0.05) is 23.0 Å². The van der Waals surface area contributed by atoms with E-state index in [-0.39, 0.29) is 16.7 Å². The summed E-state index contributed by atoms with van der Waals surface area (Å²) >= 11 is 6.03. The van der Waals surface area contributed by atoms with Crippen LogP contribution in [0, 0.1) is 13.8 Å². The van der Waals surface area contributed by atoms with Gasteiger partial charge in [0.05, 0.1) is 10.2 Å². The van der Waals surface area contributed by atoms with Gasteiger partial charge in [-0.3, -0.25) is 4.79 Å². The molecule has 2 aromatic rings. The van der Waals surface area contributed by atoms with Gasteiger partial charge in [0.2, 0.25) is 5.60 Å². The van der Waals surface area contributed by atoms with E-state index >= 15 is 0 Å². The predicted molar refractivity (Wildman–Crippen MR) is 116 cm³/mol. The molecule has 5 heteroatoms. The fourth-order valence-electron chi connectivity index (χ4n) is 2.38. The lowest BCUT2D eigenvalue weighted by atomic mass is 9.97. The zero-order chi connectivity index (χ0) is 28.7. The van der Waals surface area contributed by atoms with Gasteiger partial charge in [0.1, 0.15) is 5.75 Å². The fourth-order valence-corrected chi connectivity index (χ4v) is 2.50. The van der Waals surface area contributed by atoms with Crippen LogP contribution in [0.15, 0.2) is 36.3 Å². The molecule has 0 radical (unpaired) electrons. The quantitative estimate of drug-likeness (QED) is 0.380. The Morgan fingerprint density at radius 1 is 1.28 bits per heavy atom. The Balaban J connectivity index is 2.78. The average Bonchev–Trinajstić information content (AvgIpc) is 2.77. The molecule has 0 fully saturated rings. The van der Waals surface area contributed by atoms with E-state index in [2.05, 4.69) is 0 Å². The van der Waals surface area contributed by atoms with Crippen molar-refractivity contribution in [1.82, 2.24) is 0 Å². The van der Waals surface area contributed by atoms with Crippen LogP contribution < -0.4 is 4.74 Å². The van der Waals surface area contributed by atoms with Gasteiger partial charge in [-0.1, -0.05) is 25.4 Å². The second kappa shape index (κ2) is 9.45. The van der Waals surface area contributed by atoms with Gasteiger partial charge in [0.15, 0.2) is 5.78 Å². The molecule has 0 saturated carbocycles. The minimum Gasteiger partial charge on any atom is -0.476 e. The van der Waals surface area contributed by atoms with Gasteiger partial charge in [-0.15, -0.1) is 0 Å². The zero-order valence-electron chi connectivity index (χ0n) is 25.0. The van der Waals surface area contributed by atoms with E-state index in [1.54, 1.807) is 13.8 Å². The van der Waals surface area contributed by atoms with E-state index in [9.17, 15) is 9.59 Å². The number of halogens is 1. The van der Waals surface area contributed by atoms with Crippen molar-refractivity contribution in [3.63, 3.8) is 0 Å². The number of ketones is 1. The number of hydrogen-bond acceptors (Lipinski definition) is 4. The maximum absolute atomic E-state index is 13.2. The van der Waals surface area contributed by atoms with Gasteiger partial charge in [-0.25, -0.2) is 4.79 Å². The van der Waals surface area contributed by atoms with Crippen LogP contribution in [0.5, 0.6) is 5.75 Å². The second-order valence-corrected chi connectivity index (χ2v) is 7.06. The Kier molecular flexibility index (Phi) is 4.50. The Labute approximate surface area is 189 Å². The molecule has 0 amide bonds. The van der Waals surface area contributed by atoms with Crippen molar-refractivity contribution in [3.05, 3.63) is 63.6 Å². The van der Waals surface area contributed by atoms with E-state index in [1.165, 1.54) is 32.0 Å². The highest BCUT2D eigenvalue weighted by Gasteiger charge is 2.36. The summed E-state index contributed by atoms with van der Waals surface area (Å²) in [5.74, 6) is -3.02. The molecule has 0 N–H and O–H groups in total. The largest absolute Gasteiger partial charge is 0.476 e. The van der Waals surface area contributed by atoms with E-state index in [1.807, 2.05) is 0 Å². The highest BCUT2D eigenvalue weighted by molar-refractivity contribution is 6.31. The summed E-state index contributed by atoms with van der Waals surface area (Å²) in [6.45, 7) is 3.54. The summed E-state index contributed by atoms with van der Waals surface area (Å²) < 4.78 is 76.7. The van der Waals surface area contributed by atoms with Crippen LogP contribution in [0.2, 0.25) is 5.02 Å². The first-order chi connectivity index (χ1) is 16.8. The number of hydrogen-bond donors (Lipinski definition) is 0. The third kappa shape index (κ3) is 5.39. The first kappa shape index (κ1) is 13.8. The molecule has 156 valence electrons. The number of benzene rings is 2. The normalized spacial score (nSPS) is 19.0. The SMILES string of the molecule is [2H]c1c([2H])c(C(=O)c2ccc(Cl)c(C)c2)c(C)c([2H])c1OC(C(=O)OC(C)CC)(C([2H])([2H])[2H])C([2H])([2H])C. The molecular weight excluding hydrogens is 388 g/mol. The smallest absolute Gasteiger partial charge is 0.350 e. The summed E-state index contributed by atoms with van der Waals surface area (Å²) in [5, 5.41) is 0.421. The maximum Gasteiger partial charge on any atom is 0.350 e. The molecule has 0 aliphatic heterocycles. The third-order valence-electron chi connectivity index (χ3n) is 4.40. The number of carbonyl (C=O) groups excluding carboxylic acids is 2. The first-order valence-electron chi connectivity index (χ1n) is 13.1. The molecule has 2 rings (SSSR count). The van der Waals surface area contributed by atoms with E-state index in [0.717, 1.165) is 6.92 Å². The van der Waals surface area contributed by atoms with Crippen molar-refractivity contribution in [1.29, 1.82) is 0 Å². The third-order valence-corrected chi connectivity index (χ3v) is 4.83. The second-order valence-electron chi connectivity index (χ2n) is 6.65. The van der Waals surface area contributed by atoms with E-state index < -0.39 is 60.6 Å². The van der Waals surface area contributed by atoms with E-state index in [0.29, 0.717) is 17.0 Å². The summed E-state index contributed by atoms with van der Waals surface area (Å²) in [5.41, 5.74) is -2.91. The summed E-state index contributed by atoms with van der Waals surface area (Å²) in [6.07, 6.45) is -3.35. The van der Waals surface area contributed by atoms with Crippen LogP contribution in [0.1, 0.15) is 78.4 Å². The van der Waals surface area contributed by atoms with Crippen LogP contribution >= 0.6 is 11.6 Å². The Morgan fingerprint density at radius 2 is 2.00 bits per heavy atom. The molecule has 0 heterocycles. The molecule has 29 heavy (non-hydrogen) atoms. The van der Waals surface area contributed by atoms with Gasteiger partial charge in [0.25, 0.3) is 0 Å². The van der Waals surface area contributed by atoms with Crippen LogP contribution in [-0.2, 0) is 9.53 Å². The van der Waals surface area contributed by atoms with Gasteiger partial charge in [-0.2, -0.15) is 0 Å². The number of rotatable bonds is 8. The first-order valence-corrected chi connectivity index (χ1v) is 9.50. The molecule has 4 nitrogen and oxygen atoms in total. The summed E-state index contributed by atoms with van der Waals surface area (Å²) in [6, 6.07) is 2.28. The minimum atomic E-state index is -3.44. The number of esters is 1. The van der Waals surface area contributed by atoms with Crippen molar-refractivity contribution in [2.24, 2.45) is 0 Å². The van der Waals surface area contributed by atoms with Crippen LogP contribution in [0.3, 0.4) is 0 Å². The predicted octanol–water partition coefficient (Wildman–Crippen LogP) is 6.08. The van der Waals surface area contributed by atoms with Crippen molar-refractivity contribution >= 4 is 23.4 Å². The van der Waals surface area contributed by atoms with Crippen molar-refractivity contribution < 1.29 is 30.0 Å². The number of aryl methyl sites for hydroxylation is 1. The topological polar surface area (TPSA) is 52.6 Å². The molecule has 0 bridgehead atoms. The zero-order valence-corrected chi connectivity index (χ0v) is 17.8. The minimum absolute atomic E-state index is 0.111. The molecule has 0 aromatic heterocycles. The lowest BCUT2D eigenvalue weighted by Crippen LogP contribution is -2.43. The Morgan fingerprint density at radius 3 is 2.59 bits per heavy atom. The van der Waals surface area contributed by atoms with Crippen LogP contribution in [-0.4, -0.2) is 23.5 Å². The fraction of sp³-hybridized carbons (Fsp3) is 0.417. The highest BCUT2D eigenvalue weighted by atomic mass is 35.5. The maximum atomic E-state index is 13.2. The summed E-state index contributed by atoms with van der Waals surface area (Å²) in [4.78, 5) is 26.4. The summed E-state index contributed by atoms with van der Waals surface area (Å²) in [7, 11) is 0. The molecule has 0 aliphatic rings. The van der Waals surface area contributed by atoms with Crippen molar-refractivity contribution in [2.75, 3.05) is 0 Å².